The standard InChI is InChI=1S/C24H19F2NO4/c25-24(26,16-7-5-6-15(12-16)22(28)29)14-27-23(30)31-13-21-19-10-3-1-8-17(19)18-9-2-4-11-20(18)21/h1-12,21H,13-14H2,(H,27,30)(H,28,29). The number of carbonyl (C=O) groups excluding carboxylic acids is 1. The number of alkyl carbamates (subject to hydrolysis) is 1. The van der Waals surface area contributed by atoms with Crippen LogP contribution < -0.4 is 5.32 Å². The first-order valence-electron chi connectivity index (χ1n) is 9.67. The van der Waals surface area contributed by atoms with E-state index in [0.717, 1.165) is 34.4 Å². The van der Waals surface area contributed by atoms with Crippen molar-refractivity contribution in [2.24, 2.45) is 0 Å². The number of carboxylic acids is 1. The fourth-order valence-corrected chi connectivity index (χ4v) is 3.81. The van der Waals surface area contributed by atoms with Crippen LogP contribution in [-0.4, -0.2) is 30.3 Å². The summed E-state index contributed by atoms with van der Waals surface area (Å²) in [6.07, 6.45) is -0.962. The maximum absolute atomic E-state index is 14.4. The first-order valence-corrected chi connectivity index (χ1v) is 9.67. The lowest BCUT2D eigenvalue weighted by molar-refractivity contribution is -0.00365. The van der Waals surface area contributed by atoms with Crippen LogP contribution in [0, 0.1) is 0 Å². The molecule has 2 N–H and O–H groups in total. The van der Waals surface area contributed by atoms with Gasteiger partial charge in [0, 0.05) is 11.5 Å². The Morgan fingerprint density at radius 1 is 0.935 bits per heavy atom. The number of carboxylic acid groups (broad SMARTS) is 1. The van der Waals surface area contributed by atoms with Crippen LogP contribution in [0.25, 0.3) is 11.1 Å². The minimum atomic E-state index is -3.45. The molecule has 3 aromatic rings. The zero-order chi connectivity index (χ0) is 22.0. The molecule has 0 atom stereocenters. The molecule has 0 bridgehead atoms. The average Bonchev–Trinajstić information content (AvgIpc) is 3.10. The fraction of sp³-hybridized carbons (Fsp3) is 0.167. The molecule has 4 rings (SSSR count). The molecule has 0 fully saturated rings. The summed E-state index contributed by atoms with van der Waals surface area (Å²) in [5.74, 6) is -4.93. The van der Waals surface area contributed by atoms with Crippen molar-refractivity contribution < 1.29 is 28.2 Å². The van der Waals surface area contributed by atoms with Gasteiger partial charge in [-0.2, -0.15) is 8.78 Å². The summed E-state index contributed by atoms with van der Waals surface area (Å²) in [5, 5.41) is 11.1. The SMILES string of the molecule is O=C(NCC(F)(F)c1cccc(C(=O)O)c1)OCC1c2ccccc2-c2ccccc21. The number of halogens is 2. The molecule has 0 unspecified atom stereocenters. The highest BCUT2D eigenvalue weighted by atomic mass is 19.3. The first kappa shape index (κ1) is 20.5. The number of fused-ring (bicyclic) bond motifs is 3. The molecular formula is C24H19F2NO4. The van der Waals surface area contributed by atoms with Gasteiger partial charge in [-0.25, -0.2) is 9.59 Å². The maximum atomic E-state index is 14.4. The van der Waals surface area contributed by atoms with Gasteiger partial charge in [0.1, 0.15) is 6.61 Å². The molecule has 5 nitrogen and oxygen atoms in total. The largest absolute Gasteiger partial charge is 0.478 e. The van der Waals surface area contributed by atoms with Gasteiger partial charge < -0.3 is 15.2 Å². The van der Waals surface area contributed by atoms with Crippen molar-refractivity contribution in [1.82, 2.24) is 5.32 Å². The summed E-state index contributed by atoms with van der Waals surface area (Å²) in [4.78, 5) is 23.1. The van der Waals surface area contributed by atoms with Gasteiger partial charge in [0.15, 0.2) is 0 Å². The summed E-state index contributed by atoms with van der Waals surface area (Å²) in [6.45, 7) is -0.993. The minimum absolute atomic E-state index is 0.0138. The Morgan fingerprint density at radius 2 is 1.55 bits per heavy atom. The molecule has 1 amide bonds. The molecule has 0 saturated heterocycles. The van der Waals surface area contributed by atoms with E-state index in [1.165, 1.54) is 12.1 Å². The zero-order valence-corrected chi connectivity index (χ0v) is 16.3. The number of amides is 1. The zero-order valence-electron chi connectivity index (χ0n) is 16.3. The summed E-state index contributed by atoms with van der Waals surface area (Å²) >= 11 is 0. The van der Waals surface area contributed by atoms with Crippen molar-refractivity contribution in [3.63, 3.8) is 0 Å². The van der Waals surface area contributed by atoms with E-state index < -0.39 is 30.1 Å². The van der Waals surface area contributed by atoms with Gasteiger partial charge in [-0.15, -0.1) is 0 Å². The number of nitrogens with one attached hydrogen (secondary N) is 1. The van der Waals surface area contributed by atoms with E-state index in [0.29, 0.717) is 0 Å². The van der Waals surface area contributed by atoms with E-state index in [4.69, 9.17) is 9.84 Å². The second-order valence-corrected chi connectivity index (χ2v) is 7.27. The number of ether oxygens (including phenoxy) is 1. The van der Waals surface area contributed by atoms with E-state index >= 15 is 0 Å². The van der Waals surface area contributed by atoms with Crippen molar-refractivity contribution in [1.29, 1.82) is 0 Å². The summed E-state index contributed by atoms with van der Waals surface area (Å²) < 4.78 is 34.1. The summed E-state index contributed by atoms with van der Waals surface area (Å²) in [6, 6.07) is 20.1. The molecule has 0 radical (unpaired) electrons. The number of hydrogen-bond donors (Lipinski definition) is 2. The maximum Gasteiger partial charge on any atom is 0.407 e. The van der Waals surface area contributed by atoms with Gasteiger partial charge in [0.05, 0.1) is 12.1 Å². The third-order valence-electron chi connectivity index (χ3n) is 5.33. The Morgan fingerprint density at radius 3 is 2.16 bits per heavy atom. The molecule has 31 heavy (non-hydrogen) atoms. The third kappa shape index (κ3) is 4.12. The Bertz CT molecular complexity index is 1100. The number of aromatic carboxylic acids is 1. The molecule has 7 heteroatoms. The van der Waals surface area contributed by atoms with Crippen LogP contribution in [0.4, 0.5) is 13.6 Å². The van der Waals surface area contributed by atoms with Gasteiger partial charge >= 0.3 is 12.1 Å². The number of benzene rings is 3. The molecular weight excluding hydrogens is 404 g/mol. The smallest absolute Gasteiger partial charge is 0.407 e. The Balaban J connectivity index is 1.40. The monoisotopic (exact) mass is 423 g/mol. The number of rotatable bonds is 6. The molecule has 0 aliphatic heterocycles. The molecule has 3 aromatic carbocycles. The highest BCUT2D eigenvalue weighted by molar-refractivity contribution is 5.87. The first-order chi connectivity index (χ1) is 14.9. The van der Waals surface area contributed by atoms with Crippen molar-refractivity contribution in [2.45, 2.75) is 11.8 Å². The van der Waals surface area contributed by atoms with Gasteiger partial charge in [0.25, 0.3) is 5.92 Å². The predicted octanol–water partition coefficient (Wildman–Crippen LogP) is 5.02. The van der Waals surface area contributed by atoms with Gasteiger partial charge in [-0.05, 0) is 34.4 Å². The number of carbonyl (C=O) groups is 2. The second-order valence-electron chi connectivity index (χ2n) is 7.27. The average molecular weight is 423 g/mol. The van der Waals surface area contributed by atoms with Crippen molar-refractivity contribution in [3.05, 3.63) is 95.1 Å². The highest BCUT2D eigenvalue weighted by Gasteiger charge is 2.33. The molecule has 0 saturated carbocycles. The van der Waals surface area contributed by atoms with Crippen LogP contribution in [0.5, 0.6) is 0 Å². The van der Waals surface area contributed by atoms with Gasteiger partial charge in [-0.1, -0.05) is 60.7 Å². The van der Waals surface area contributed by atoms with Crippen molar-refractivity contribution in [3.8, 4) is 11.1 Å². The molecule has 0 heterocycles. The lowest BCUT2D eigenvalue weighted by Gasteiger charge is -2.19. The van der Waals surface area contributed by atoms with Gasteiger partial charge in [0.2, 0.25) is 0 Å². The van der Waals surface area contributed by atoms with Crippen LogP contribution in [0.1, 0.15) is 33.0 Å². The van der Waals surface area contributed by atoms with Crippen molar-refractivity contribution in [2.75, 3.05) is 13.2 Å². The van der Waals surface area contributed by atoms with Gasteiger partial charge in [-0.3, -0.25) is 0 Å². The molecule has 158 valence electrons. The fourth-order valence-electron chi connectivity index (χ4n) is 3.81. The number of hydrogen-bond acceptors (Lipinski definition) is 3. The molecule has 0 aromatic heterocycles. The normalized spacial score (nSPS) is 12.7. The lowest BCUT2D eigenvalue weighted by atomic mass is 9.98. The van der Waals surface area contributed by atoms with Crippen LogP contribution in [0.2, 0.25) is 0 Å². The highest BCUT2D eigenvalue weighted by Crippen LogP contribution is 2.44. The van der Waals surface area contributed by atoms with E-state index in [-0.39, 0.29) is 18.1 Å². The van der Waals surface area contributed by atoms with Crippen LogP contribution >= 0.6 is 0 Å². The lowest BCUT2D eigenvalue weighted by Crippen LogP contribution is -2.36. The second kappa shape index (κ2) is 8.18. The summed E-state index contributed by atoms with van der Waals surface area (Å²) in [5.41, 5.74) is 3.43. The van der Waals surface area contributed by atoms with Crippen LogP contribution in [0.3, 0.4) is 0 Å². The number of alkyl halides is 2. The predicted molar refractivity (Wildman–Crippen MR) is 110 cm³/mol. The summed E-state index contributed by atoms with van der Waals surface area (Å²) in [7, 11) is 0. The Kier molecular flexibility index (Phi) is 5.42. The van der Waals surface area contributed by atoms with E-state index in [1.807, 2.05) is 48.5 Å². The molecule has 1 aliphatic rings. The minimum Gasteiger partial charge on any atom is -0.478 e. The Labute approximate surface area is 177 Å². The topological polar surface area (TPSA) is 75.6 Å². The van der Waals surface area contributed by atoms with Crippen LogP contribution in [-0.2, 0) is 10.7 Å². The third-order valence-corrected chi connectivity index (χ3v) is 5.33. The Hall–Kier alpha value is -3.74. The van der Waals surface area contributed by atoms with E-state index in [9.17, 15) is 18.4 Å². The molecule has 0 spiro atoms. The van der Waals surface area contributed by atoms with E-state index in [2.05, 4.69) is 5.32 Å². The quantitative estimate of drug-likeness (QED) is 0.584. The van der Waals surface area contributed by atoms with Crippen LogP contribution in [0.15, 0.2) is 72.8 Å². The van der Waals surface area contributed by atoms with Crippen molar-refractivity contribution >= 4 is 12.1 Å². The molecule has 1 aliphatic carbocycles. The van der Waals surface area contributed by atoms with E-state index in [1.54, 1.807) is 0 Å².